The molecule has 0 unspecified atom stereocenters. The maximum Gasteiger partial charge on any atom is 0.354 e. The van der Waals surface area contributed by atoms with E-state index in [1.54, 1.807) is 6.07 Å². The average Bonchev–Trinajstić information content (AvgIpc) is 2.94. The molecule has 3 aromatic rings. The molecule has 0 amide bonds. The Kier molecular flexibility index (Phi) is 5.15. The van der Waals surface area contributed by atoms with Gasteiger partial charge >= 0.3 is 5.97 Å². The standard InChI is InChI=1S/C18H13Cl2FN2O3/c19-10-7-12(20)15-13(8-10)23-17(18(25)26)16(15)22-6-5-14(24)9-1-3-11(21)4-2-9/h1-4,7-8,22-23H,5-6H2,(H,25,26). The SMILES string of the molecule is O=C(CCNc1c(C(=O)O)[nH]c2cc(Cl)cc(Cl)c12)c1ccc(F)cc1. The van der Waals surface area contributed by atoms with Gasteiger partial charge in [-0.3, -0.25) is 4.79 Å². The van der Waals surface area contributed by atoms with E-state index in [-0.39, 0.29) is 24.4 Å². The van der Waals surface area contributed by atoms with E-state index in [0.29, 0.717) is 32.2 Å². The monoisotopic (exact) mass is 394 g/mol. The first-order chi connectivity index (χ1) is 12.4. The molecular weight excluding hydrogens is 382 g/mol. The molecule has 0 aliphatic carbocycles. The number of aromatic amines is 1. The summed E-state index contributed by atoms with van der Waals surface area (Å²) in [6, 6.07) is 8.33. The zero-order chi connectivity index (χ0) is 18.8. The predicted octanol–water partition coefficient (Wildman–Crippen LogP) is 5.00. The molecule has 0 spiro atoms. The second-order valence-corrected chi connectivity index (χ2v) is 6.44. The van der Waals surface area contributed by atoms with Crippen molar-refractivity contribution in [2.45, 2.75) is 6.42 Å². The lowest BCUT2D eigenvalue weighted by Gasteiger charge is -2.07. The highest BCUT2D eigenvalue weighted by molar-refractivity contribution is 6.40. The normalized spacial score (nSPS) is 10.9. The number of H-pyrrole nitrogens is 1. The molecule has 3 N–H and O–H groups in total. The second-order valence-electron chi connectivity index (χ2n) is 5.60. The van der Waals surface area contributed by atoms with Crippen LogP contribution in [0.25, 0.3) is 10.9 Å². The third kappa shape index (κ3) is 3.66. The number of rotatable bonds is 6. The van der Waals surface area contributed by atoms with Crippen LogP contribution in [0.15, 0.2) is 36.4 Å². The number of hydrogen-bond donors (Lipinski definition) is 3. The summed E-state index contributed by atoms with van der Waals surface area (Å²) < 4.78 is 12.9. The molecule has 134 valence electrons. The van der Waals surface area contributed by atoms with E-state index >= 15 is 0 Å². The molecule has 0 bridgehead atoms. The summed E-state index contributed by atoms with van der Waals surface area (Å²) in [5.41, 5.74) is 1.09. The largest absolute Gasteiger partial charge is 0.477 e. The fourth-order valence-electron chi connectivity index (χ4n) is 2.67. The van der Waals surface area contributed by atoms with Gasteiger partial charge in [0.1, 0.15) is 11.5 Å². The van der Waals surface area contributed by atoms with E-state index in [1.807, 2.05) is 0 Å². The molecule has 1 aromatic heterocycles. The van der Waals surface area contributed by atoms with Gasteiger partial charge in [0.15, 0.2) is 5.78 Å². The van der Waals surface area contributed by atoms with Crippen molar-refractivity contribution < 1.29 is 19.1 Å². The highest BCUT2D eigenvalue weighted by Crippen LogP contribution is 2.36. The number of aromatic nitrogens is 1. The highest BCUT2D eigenvalue weighted by Gasteiger charge is 2.20. The Morgan fingerprint density at radius 3 is 2.50 bits per heavy atom. The Bertz CT molecular complexity index is 1000. The Labute approximate surface area is 157 Å². The van der Waals surface area contributed by atoms with E-state index in [9.17, 15) is 19.1 Å². The van der Waals surface area contributed by atoms with Crippen molar-refractivity contribution in [2.24, 2.45) is 0 Å². The maximum atomic E-state index is 12.9. The van der Waals surface area contributed by atoms with Crippen molar-refractivity contribution in [1.29, 1.82) is 0 Å². The van der Waals surface area contributed by atoms with Gasteiger partial charge in [0.25, 0.3) is 0 Å². The van der Waals surface area contributed by atoms with Crippen LogP contribution in [0.1, 0.15) is 27.3 Å². The van der Waals surface area contributed by atoms with Gasteiger partial charge in [0.05, 0.1) is 16.2 Å². The topological polar surface area (TPSA) is 82.2 Å². The molecule has 0 fully saturated rings. The number of hydrogen-bond acceptors (Lipinski definition) is 3. The summed E-state index contributed by atoms with van der Waals surface area (Å²) in [7, 11) is 0. The number of Topliss-reactive ketones (excluding diaryl/α,β-unsaturated/α-hetero) is 1. The molecule has 3 rings (SSSR count). The number of carbonyl (C=O) groups is 2. The van der Waals surface area contributed by atoms with Crippen LogP contribution in [0, 0.1) is 5.82 Å². The van der Waals surface area contributed by atoms with Gasteiger partial charge < -0.3 is 15.4 Å². The summed E-state index contributed by atoms with van der Waals surface area (Å²) in [5, 5.41) is 13.5. The smallest absolute Gasteiger partial charge is 0.354 e. The Morgan fingerprint density at radius 2 is 1.85 bits per heavy atom. The molecule has 0 saturated carbocycles. The first-order valence-electron chi connectivity index (χ1n) is 7.63. The summed E-state index contributed by atoms with van der Waals surface area (Å²) in [5.74, 6) is -1.78. The lowest BCUT2D eigenvalue weighted by atomic mass is 10.1. The molecule has 1 heterocycles. The number of nitrogens with one attached hydrogen (secondary N) is 2. The second kappa shape index (κ2) is 7.35. The van der Waals surface area contributed by atoms with Gasteiger partial charge in [-0.1, -0.05) is 23.2 Å². The van der Waals surface area contributed by atoms with Crippen molar-refractivity contribution in [2.75, 3.05) is 11.9 Å². The number of aromatic carboxylic acids is 1. The third-order valence-corrected chi connectivity index (χ3v) is 4.36. The van der Waals surface area contributed by atoms with Crippen molar-refractivity contribution in [1.82, 2.24) is 4.98 Å². The number of halogens is 3. The van der Waals surface area contributed by atoms with E-state index in [0.717, 1.165) is 0 Å². The minimum atomic E-state index is -1.17. The lowest BCUT2D eigenvalue weighted by molar-refractivity contribution is 0.0692. The summed E-state index contributed by atoms with van der Waals surface area (Å²) in [6.07, 6.45) is 0.0998. The van der Waals surface area contributed by atoms with Gasteiger partial charge in [-0.15, -0.1) is 0 Å². The molecule has 0 radical (unpaired) electrons. The number of carboxylic acids is 1. The van der Waals surface area contributed by atoms with Crippen LogP contribution in [0.4, 0.5) is 10.1 Å². The van der Waals surface area contributed by atoms with Crippen LogP contribution in [-0.2, 0) is 0 Å². The Balaban J connectivity index is 1.82. The van der Waals surface area contributed by atoms with Crippen LogP contribution < -0.4 is 5.32 Å². The van der Waals surface area contributed by atoms with Gasteiger partial charge in [0.2, 0.25) is 0 Å². The Morgan fingerprint density at radius 1 is 1.15 bits per heavy atom. The molecule has 0 aliphatic rings. The van der Waals surface area contributed by atoms with Crippen molar-refractivity contribution in [3.05, 3.63) is 63.5 Å². The van der Waals surface area contributed by atoms with E-state index < -0.39 is 11.8 Å². The third-order valence-electron chi connectivity index (χ3n) is 3.85. The van der Waals surface area contributed by atoms with E-state index in [1.165, 1.54) is 30.3 Å². The predicted molar refractivity (Wildman–Crippen MR) is 99.1 cm³/mol. The molecular formula is C18H13Cl2FN2O3. The molecule has 2 aromatic carbocycles. The highest BCUT2D eigenvalue weighted by atomic mass is 35.5. The van der Waals surface area contributed by atoms with Crippen molar-refractivity contribution in [3.63, 3.8) is 0 Å². The molecule has 0 atom stereocenters. The van der Waals surface area contributed by atoms with E-state index in [4.69, 9.17) is 23.2 Å². The minimum absolute atomic E-state index is 0.0709. The Hall–Kier alpha value is -2.57. The zero-order valence-electron chi connectivity index (χ0n) is 13.3. The number of ketones is 1. The number of carbonyl (C=O) groups excluding carboxylic acids is 1. The van der Waals surface area contributed by atoms with Crippen LogP contribution >= 0.6 is 23.2 Å². The van der Waals surface area contributed by atoms with E-state index in [2.05, 4.69) is 10.3 Å². The van der Waals surface area contributed by atoms with Gasteiger partial charge in [-0.05, 0) is 36.4 Å². The van der Waals surface area contributed by atoms with Crippen LogP contribution in [-0.4, -0.2) is 28.4 Å². The maximum absolute atomic E-state index is 12.9. The fraction of sp³-hybridized carbons (Fsp3) is 0.111. The van der Waals surface area contributed by atoms with Crippen molar-refractivity contribution >= 4 is 51.5 Å². The number of fused-ring (bicyclic) bond motifs is 1. The number of carboxylic acid groups (broad SMARTS) is 1. The first-order valence-corrected chi connectivity index (χ1v) is 8.39. The quantitative estimate of drug-likeness (QED) is 0.513. The average molecular weight is 395 g/mol. The summed E-state index contributed by atoms with van der Waals surface area (Å²) in [6.45, 7) is 0.183. The summed E-state index contributed by atoms with van der Waals surface area (Å²) in [4.78, 5) is 26.4. The zero-order valence-corrected chi connectivity index (χ0v) is 14.8. The first kappa shape index (κ1) is 18.2. The molecule has 0 saturated heterocycles. The van der Waals surface area contributed by atoms with Gasteiger partial charge in [-0.2, -0.15) is 0 Å². The lowest BCUT2D eigenvalue weighted by Crippen LogP contribution is -2.11. The van der Waals surface area contributed by atoms with Gasteiger partial charge in [-0.25, -0.2) is 9.18 Å². The molecule has 8 heteroatoms. The van der Waals surface area contributed by atoms with Crippen molar-refractivity contribution in [3.8, 4) is 0 Å². The fourth-order valence-corrected chi connectivity index (χ4v) is 3.25. The number of anilines is 1. The molecule has 0 aliphatic heterocycles. The number of benzene rings is 2. The minimum Gasteiger partial charge on any atom is -0.477 e. The molecule has 26 heavy (non-hydrogen) atoms. The van der Waals surface area contributed by atoms with Crippen LogP contribution in [0.2, 0.25) is 10.0 Å². The van der Waals surface area contributed by atoms with Crippen LogP contribution in [0.5, 0.6) is 0 Å². The van der Waals surface area contributed by atoms with Gasteiger partial charge in [0, 0.05) is 28.9 Å². The van der Waals surface area contributed by atoms with Crippen LogP contribution in [0.3, 0.4) is 0 Å². The molecule has 5 nitrogen and oxygen atoms in total. The summed E-state index contributed by atoms with van der Waals surface area (Å²) >= 11 is 12.1.